The summed E-state index contributed by atoms with van der Waals surface area (Å²) in [5.41, 5.74) is -0.536. The molecule has 37 heavy (non-hydrogen) atoms. The van der Waals surface area contributed by atoms with Crippen LogP contribution in [0.1, 0.15) is 77.7 Å². The lowest BCUT2D eigenvalue weighted by Crippen LogP contribution is -2.61. The van der Waals surface area contributed by atoms with Crippen LogP contribution in [-0.4, -0.2) is 69.8 Å². The largest absolute Gasteiger partial charge is 0.464 e. The number of hydrogen-bond acceptors (Lipinski definition) is 7. The normalized spacial score (nSPS) is 23.5. The van der Waals surface area contributed by atoms with Gasteiger partial charge in [-0.25, -0.2) is 9.78 Å². The van der Waals surface area contributed by atoms with Crippen LogP contribution in [0.15, 0.2) is 18.6 Å². The summed E-state index contributed by atoms with van der Waals surface area (Å²) in [5.74, 6) is -1.50. The summed E-state index contributed by atoms with van der Waals surface area (Å²) in [5, 5.41) is 5.70. The monoisotopic (exact) mass is 515 g/mol. The fourth-order valence-corrected chi connectivity index (χ4v) is 5.44. The second-order valence-electron chi connectivity index (χ2n) is 11.3. The van der Waals surface area contributed by atoms with Crippen LogP contribution in [0.4, 0.5) is 0 Å². The first-order chi connectivity index (χ1) is 17.5. The van der Waals surface area contributed by atoms with E-state index in [-0.39, 0.29) is 41.9 Å². The molecule has 1 saturated carbocycles. The maximum absolute atomic E-state index is 14.0. The van der Waals surface area contributed by atoms with Crippen LogP contribution >= 0.6 is 0 Å². The van der Waals surface area contributed by atoms with E-state index < -0.39 is 35.4 Å². The van der Waals surface area contributed by atoms with Crippen LogP contribution in [0, 0.1) is 23.2 Å². The van der Waals surface area contributed by atoms with Crippen LogP contribution < -0.4 is 10.6 Å². The predicted molar refractivity (Wildman–Crippen MR) is 137 cm³/mol. The highest BCUT2D eigenvalue weighted by Gasteiger charge is 2.52. The highest BCUT2D eigenvalue weighted by Crippen LogP contribution is 2.43. The van der Waals surface area contributed by atoms with E-state index in [1.807, 2.05) is 34.6 Å². The van der Waals surface area contributed by atoms with Crippen molar-refractivity contribution < 1.29 is 23.9 Å². The summed E-state index contributed by atoms with van der Waals surface area (Å²) in [6.45, 7) is 11.9. The predicted octanol–water partition coefficient (Wildman–Crippen LogP) is 2.34. The fourth-order valence-electron chi connectivity index (χ4n) is 5.44. The molecule has 0 bridgehead atoms. The number of carbonyl (C=O) groups is 4. The Bertz CT molecular complexity index is 979. The molecule has 1 aliphatic carbocycles. The lowest BCUT2D eigenvalue weighted by molar-refractivity contribution is -0.156. The maximum atomic E-state index is 14.0. The van der Waals surface area contributed by atoms with Crippen LogP contribution in [0.2, 0.25) is 0 Å². The zero-order valence-corrected chi connectivity index (χ0v) is 22.8. The Morgan fingerprint density at radius 3 is 2.46 bits per heavy atom. The van der Waals surface area contributed by atoms with Gasteiger partial charge in [-0.05, 0) is 42.9 Å². The fraction of sp³-hybridized carbons (Fsp3) is 0.704. The molecule has 1 aromatic heterocycles. The third kappa shape index (κ3) is 6.45. The molecule has 0 aromatic carbocycles. The summed E-state index contributed by atoms with van der Waals surface area (Å²) >= 11 is 0. The number of amides is 3. The number of hydrogen-bond donors (Lipinski definition) is 2. The summed E-state index contributed by atoms with van der Waals surface area (Å²) in [6, 6.07) is -2.41. The molecule has 2 N–H and O–H groups in total. The van der Waals surface area contributed by atoms with Crippen molar-refractivity contribution in [1.82, 2.24) is 25.5 Å². The summed E-state index contributed by atoms with van der Waals surface area (Å²) < 4.78 is 5.35. The van der Waals surface area contributed by atoms with Gasteiger partial charge in [-0.3, -0.25) is 19.4 Å². The van der Waals surface area contributed by atoms with Crippen molar-refractivity contribution >= 4 is 23.7 Å². The number of nitrogens with one attached hydrogen (secondary N) is 2. The van der Waals surface area contributed by atoms with Gasteiger partial charge >= 0.3 is 5.97 Å². The molecular formula is C27H41N5O5. The van der Waals surface area contributed by atoms with E-state index in [1.165, 1.54) is 18.6 Å². The first-order valence-corrected chi connectivity index (χ1v) is 13.3. The lowest BCUT2D eigenvalue weighted by atomic mass is 9.84. The third-order valence-electron chi connectivity index (χ3n) is 7.68. The van der Waals surface area contributed by atoms with E-state index in [2.05, 4.69) is 20.6 Å². The van der Waals surface area contributed by atoms with E-state index in [0.29, 0.717) is 13.0 Å². The van der Waals surface area contributed by atoms with Crippen LogP contribution in [0.25, 0.3) is 0 Å². The summed E-state index contributed by atoms with van der Waals surface area (Å²) in [6.07, 6.45) is 7.73. The second kappa shape index (κ2) is 12.0. The van der Waals surface area contributed by atoms with E-state index in [4.69, 9.17) is 4.74 Å². The Labute approximate surface area is 219 Å². The molecule has 2 heterocycles. The minimum Gasteiger partial charge on any atom is -0.464 e. The average Bonchev–Trinajstić information content (AvgIpc) is 3.46. The van der Waals surface area contributed by atoms with Gasteiger partial charge in [0.05, 0.1) is 12.8 Å². The number of fused-ring (bicyclic) bond motifs is 1. The van der Waals surface area contributed by atoms with E-state index >= 15 is 0 Å². The van der Waals surface area contributed by atoms with Crippen molar-refractivity contribution in [1.29, 1.82) is 0 Å². The van der Waals surface area contributed by atoms with Gasteiger partial charge in [0.25, 0.3) is 5.91 Å². The molecule has 2 fully saturated rings. The summed E-state index contributed by atoms with van der Waals surface area (Å²) in [4.78, 5) is 62.8. The SMILES string of the molecule is CCOC(=O)[C@@H]1[C@H]2CCC[C@H]2CN1C(=O)[C@@H](NC(=O)[C@@H](NC(=O)c1cnccn1)C(C)CC)C(C)(C)C. The summed E-state index contributed by atoms with van der Waals surface area (Å²) in [7, 11) is 0. The molecule has 3 rings (SSSR count). The molecule has 1 aromatic rings. The molecule has 2 aliphatic rings. The number of nitrogens with zero attached hydrogens (tertiary/aromatic N) is 3. The number of esters is 1. The van der Waals surface area contributed by atoms with Crippen LogP contribution in [0.3, 0.4) is 0 Å². The standard InChI is InChI=1S/C27H41N5O5/c1-7-16(3)20(30-23(33)19-14-28-12-13-29-19)24(34)31-22(27(4,5)6)25(35)32-15-17-10-9-11-18(17)21(32)26(36)37-8-2/h12-14,16-18,20-22H,7-11,15H2,1-6H3,(H,30,33)(H,31,34)/t16?,17-,18-,20-,21-,22+/m0/s1. The lowest BCUT2D eigenvalue weighted by Gasteiger charge is -2.37. The first kappa shape index (κ1) is 28.5. The molecule has 10 nitrogen and oxygen atoms in total. The molecule has 1 aliphatic heterocycles. The molecule has 0 radical (unpaired) electrons. The van der Waals surface area contributed by atoms with E-state index in [0.717, 1.165) is 19.3 Å². The molecule has 3 amide bonds. The Morgan fingerprint density at radius 1 is 1.14 bits per heavy atom. The zero-order valence-electron chi connectivity index (χ0n) is 22.8. The van der Waals surface area contributed by atoms with Crippen molar-refractivity contribution in [2.45, 2.75) is 85.4 Å². The van der Waals surface area contributed by atoms with E-state index in [1.54, 1.807) is 11.8 Å². The number of aromatic nitrogens is 2. The van der Waals surface area contributed by atoms with Gasteiger partial charge in [0, 0.05) is 18.9 Å². The third-order valence-corrected chi connectivity index (χ3v) is 7.68. The Hall–Kier alpha value is -3.04. The maximum Gasteiger partial charge on any atom is 0.329 e. The van der Waals surface area contributed by atoms with Crippen LogP contribution in [0.5, 0.6) is 0 Å². The smallest absolute Gasteiger partial charge is 0.329 e. The zero-order chi connectivity index (χ0) is 27.3. The first-order valence-electron chi connectivity index (χ1n) is 13.3. The highest BCUT2D eigenvalue weighted by atomic mass is 16.5. The number of rotatable bonds is 9. The molecule has 10 heteroatoms. The second-order valence-corrected chi connectivity index (χ2v) is 11.3. The average molecular weight is 516 g/mol. The minimum absolute atomic E-state index is 0.0819. The highest BCUT2D eigenvalue weighted by molar-refractivity contribution is 5.97. The van der Waals surface area contributed by atoms with Gasteiger partial charge in [-0.1, -0.05) is 47.5 Å². The number of carbonyl (C=O) groups excluding carboxylic acids is 4. The number of ether oxygens (including phenoxy) is 1. The van der Waals surface area contributed by atoms with Crippen LogP contribution in [-0.2, 0) is 19.1 Å². The number of likely N-dealkylation sites (tertiary alicyclic amines) is 1. The van der Waals surface area contributed by atoms with Crippen molar-refractivity contribution in [2.24, 2.45) is 23.2 Å². The van der Waals surface area contributed by atoms with Crippen molar-refractivity contribution in [3.63, 3.8) is 0 Å². The Kier molecular flexibility index (Phi) is 9.26. The molecular weight excluding hydrogens is 474 g/mol. The van der Waals surface area contributed by atoms with Gasteiger partial charge in [0.1, 0.15) is 23.8 Å². The molecule has 1 unspecified atom stereocenters. The van der Waals surface area contributed by atoms with Crippen molar-refractivity contribution in [3.05, 3.63) is 24.3 Å². The van der Waals surface area contributed by atoms with Gasteiger partial charge in [-0.2, -0.15) is 0 Å². The quantitative estimate of drug-likeness (QED) is 0.483. The van der Waals surface area contributed by atoms with Gasteiger partial charge in [0.2, 0.25) is 11.8 Å². The van der Waals surface area contributed by atoms with Crippen molar-refractivity contribution in [2.75, 3.05) is 13.2 Å². The Balaban J connectivity index is 1.83. The van der Waals surface area contributed by atoms with E-state index in [9.17, 15) is 19.2 Å². The van der Waals surface area contributed by atoms with Gasteiger partial charge in [0.15, 0.2) is 0 Å². The Morgan fingerprint density at radius 2 is 1.86 bits per heavy atom. The topological polar surface area (TPSA) is 131 Å². The molecule has 0 spiro atoms. The minimum atomic E-state index is -0.893. The van der Waals surface area contributed by atoms with Gasteiger partial charge in [-0.15, -0.1) is 0 Å². The molecule has 6 atom stereocenters. The molecule has 204 valence electrons. The molecule has 1 saturated heterocycles. The van der Waals surface area contributed by atoms with Gasteiger partial charge < -0.3 is 20.3 Å². The van der Waals surface area contributed by atoms with Crippen molar-refractivity contribution in [3.8, 4) is 0 Å².